The quantitative estimate of drug-likeness (QED) is 0.461. The van der Waals surface area contributed by atoms with E-state index >= 15 is 0 Å². The molecule has 2 aromatic carbocycles. The summed E-state index contributed by atoms with van der Waals surface area (Å²) < 4.78 is 11.8. The summed E-state index contributed by atoms with van der Waals surface area (Å²) in [5.41, 5.74) is 7.27. The molecular weight excluding hydrogens is 381 g/mol. The summed E-state index contributed by atoms with van der Waals surface area (Å²) in [5, 5.41) is 0. The van der Waals surface area contributed by atoms with Gasteiger partial charge in [0.05, 0.1) is 18.7 Å². The molecule has 0 bridgehead atoms. The van der Waals surface area contributed by atoms with E-state index in [0.717, 1.165) is 9.13 Å². The molecule has 21 heavy (non-hydrogen) atoms. The number of esters is 1. The van der Waals surface area contributed by atoms with Crippen LogP contribution in [0.2, 0.25) is 0 Å². The van der Waals surface area contributed by atoms with Crippen molar-refractivity contribution in [3.8, 4) is 5.75 Å². The Morgan fingerprint density at radius 3 is 2.52 bits per heavy atom. The summed E-state index contributed by atoms with van der Waals surface area (Å²) in [6.45, 7) is 0.531. The van der Waals surface area contributed by atoms with Crippen molar-refractivity contribution >= 4 is 34.2 Å². The molecule has 0 saturated carbocycles. The van der Waals surface area contributed by atoms with Gasteiger partial charge in [-0.15, -0.1) is 0 Å². The Morgan fingerprint density at radius 2 is 1.81 bits per heavy atom. The van der Waals surface area contributed by atoms with Gasteiger partial charge in [0.25, 0.3) is 0 Å². The first-order chi connectivity index (χ1) is 10.1. The number of nitrogens with two attached hydrogens (primary N) is 1. The maximum absolute atomic E-state index is 11.6. The zero-order valence-electron chi connectivity index (χ0n) is 11.4. The molecule has 0 saturated heterocycles. The van der Waals surface area contributed by atoms with Gasteiger partial charge in [-0.1, -0.05) is 24.3 Å². The van der Waals surface area contributed by atoms with Gasteiger partial charge in [0.1, 0.15) is 12.4 Å². The summed E-state index contributed by atoms with van der Waals surface area (Å²) in [4.78, 5) is 11.6. The zero-order chi connectivity index (χ0) is 15.1. The summed E-state index contributed by atoms with van der Waals surface area (Å²) in [7, 11) is 0. The molecule has 0 unspecified atom stereocenters. The van der Waals surface area contributed by atoms with E-state index in [9.17, 15) is 4.79 Å². The molecule has 2 rings (SSSR count). The molecule has 0 aromatic heterocycles. The monoisotopic (exact) mass is 397 g/mol. The number of nitrogen functional groups attached to an aromatic ring is 1. The first kappa shape index (κ1) is 15.6. The minimum Gasteiger partial charge on any atom is -0.491 e. The van der Waals surface area contributed by atoms with E-state index in [1.807, 2.05) is 36.4 Å². The normalized spacial score (nSPS) is 10.1. The molecule has 2 aromatic rings. The molecule has 0 atom stereocenters. The van der Waals surface area contributed by atoms with E-state index in [-0.39, 0.29) is 25.6 Å². The van der Waals surface area contributed by atoms with Gasteiger partial charge in [0.2, 0.25) is 0 Å². The number of para-hydroxylation sites is 2. The topological polar surface area (TPSA) is 61.5 Å². The average molecular weight is 397 g/mol. The fraction of sp³-hybridized carbons (Fsp3) is 0.188. The lowest BCUT2D eigenvalue weighted by Crippen LogP contribution is -2.10. The predicted molar refractivity (Wildman–Crippen MR) is 89.9 cm³/mol. The van der Waals surface area contributed by atoms with Crippen LogP contribution >= 0.6 is 22.6 Å². The second-order valence-electron chi connectivity index (χ2n) is 4.42. The van der Waals surface area contributed by atoms with Crippen LogP contribution in [0.5, 0.6) is 5.75 Å². The third-order valence-electron chi connectivity index (χ3n) is 2.80. The van der Waals surface area contributed by atoms with Crippen molar-refractivity contribution in [3.05, 3.63) is 57.7 Å². The molecule has 0 aliphatic rings. The molecule has 0 aliphatic carbocycles. The van der Waals surface area contributed by atoms with Crippen LogP contribution in [0.3, 0.4) is 0 Å². The smallest absolute Gasteiger partial charge is 0.309 e. The van der Waals surface area contributed by atoms with E-state index in [1.54, 1.807) is 12.1 Å². The molecule has 0 radical (unpaired) electrons. The Bertz CT molecular complexity index is 599. The molecule has 0 aliphatic heterocycles. The van der Waals surface area contributed by atoms with Crippen molar-refractivity contribution in [2.45, 2.75) is 13.0 Å². The number of carbonyl (C=O) groups excluding carboxylic acids is 1. The molecule has 0 amide bonds. The van der Waals surface area contributed by atoms with Gasteiger partial charge >= 0.3 is 5.97 Å². The van der Waals surface area contributed by atoms with Gasteiger partial charge in [-0.3, -0.25) is 4.79 Å². The van der Waals surface area contributed by atoms with Crippen molar-refractivity contribution in [1.29, 1.82) is 0 Å². The fourth-order valence-corrected chi connectivity index (χ4v) is 2.03. The van der Waals surface area contributed by atoms with E-state index in [1.165, 1.54) is 0 Å². The Kier molecular flexibility index (Phi) is 5.86. The number of hydrogen-bond donors (Lipinski definition) is 1. The summed E-state index contributed by atoms with van der Waals surface area (Å²) in [6.07, 6.45) is 0.193. The second-order valence-corrected chi connectivity index (χ2v) is 5.67. The third kappa shape index (κ3) is 5.26. The molecule has 5 heteroatoms. The molecule has 0 fully saturated rings. The van der Waals surface area contributed by atoms with Crippen molar-refractivity contribution in [1.82, 2.24) is 0 Å². The number of benzene rings is 2. The maximum atomic E-state index is 11.6. The van der Waals surface area contributed by atoms with Gasteiger partial charge in [0, 0.05) is 3.57 Å². The van der Waals surface area contributed by atoms with Crippen molar-refractivity contribution in [2.75, 3.05) is 12.3 Å². The highest BCUT2D eigenvalue weighted by Gasteiger charge is 2.05. The van der Waals surface area contributed by atoms with Crippen LogP contribution in [0.1, 0.15) is 12.0 Å². The van der Waals surface area contributed by atoms with E-state index in [4.69, 9.17) is 15.2 Å². The number of rotatable bonds is 6. The standard InChI is InChI=1S/C16H16INO3/c17-13-7-5-12(6-8-13)11-21-16(19)9-10-20-15-4-2-1-3-14(15)18/h1-8H,9-11,18H2. The molecule has 0 spiro atoms. The Hall–Kier alpha value is -1.76. The van der Waals surface area contributed by atoms with Crippen LogP contribution in [-0.2, 0) is 16.1 Å². The number of carbonyl (C=O) groups is 1. The Morgan fingerprint density at radius 1 is 1.10 bits per heavy atom. The summed E-state index contributed by atoms with van der Waals surface area (Å²) in [5.74, 6) is 0.297. The second kappa shape index (κ2) is 7.87. The number of anilines is 1. The van der Waals surface area contributed by atoms with Gasteiger partial charge in [-0.05, 0) is 52.4 Å². The number of ether oxygens (including phenoxy) is 2. The van der Waals surface area contributed by atoms with Crippen LogP contribution in [0, 0.1) is 3.57 Å². The average Bonchev–Trinajstić information content (AvgIpc) is 2.49. The highest BCUT2D eigenvalue weighted by Crippen LogP contribution is 2.19. The SMILES string of the molecule is Nc1ccccc1OCCC(=O)OCc1ccc(I)cc1. The van der Waals surface area contributed by atoms with Crippen LogP contribution in [-0.4, -0.2) is 12.6 Å². The molecular formula is C16H16INO3. The van der Waals surface area contributed by atoms with Crippen molar-refractivity contribution in [3.63, 3.8) is 0 Å². The van der Waals surface area contributed by atoms with Crippen LogP contribution in [0.4, 0.5) is 5.69 Å². The Labute approximate surface area is 137 Å². The maximum Gasteiger partial charge on any atom is 0.309 e. The molecule has 110 valence electrons. The fourth-order valence-electron chi connectivity index (χ4n) is 1.67. The minimum absolute atomic E-state index is 0.193. The van der Waals surface area contributed by atoms with E-state index in [2.05, 4.69) is 22.6 Å². The molecule has 2 N–H and O–H groups in total. The first-order valence-corrected chi connectivity index (χ1v) is 7.60. The largest absolute Gasteiger partial charge is 0.491 e. The van der Waals surface area contributed by atoms with Gasteiger partial charge in [0.15, 0.2) is 0 Å². The third-order valence-corrected chi connectivity index (χ3v) is 3.52. The number of hydrogen-bond acceptors (Lipinski definition) is 4. The highest BCUT2D eigenvalue weighted by molar-refractivity contribution is 14.1. The van der Waals surface area contributed by atoms with Gasteiger partial charge in [-0.2, -0.15) is 0 Å². The lowest BCUT2D eigenvalue weighted by molar-refractivity contribution is -0.145. The van der Waals surface area contributed by atoms with Crippen LogP contribution in [0.25, 0.3) is 0 Å². The van der Waals surface area contributed by atoms with Crippen LogP contribution < -0.4 is 10.5 Å². The van der Waals surface area contributed by atoms with E-state index in [0.29, 0.717) is 11.4 Å². The first-order valence-electron chi connectivity index (χ1n) is 6.52. The highest BCUT2D eigenvalue weighted by atomic mass is 127. The molecule has 0 heterocycles. The lowest BCUT2D eigenvalue weighted by atomic mass is 10.2. The van der Waals surface area contributed by atoms with Crippen molar-refractivity contribution < 1.29 is 14.3 Å². The minimum atomic E-state index is -0.289. The summed E-state index contributed by atoms with van der Waals surface area (Å²) in [6, 6.07) is 15.0. The van der Waals surface area contributed by atoms with Crippen molar-refractivity contribution in [2.24, 2.45) is 0 Å². The van der Waals surface area contributed by atoms with E-state index < -0.39 is 0 Å². The Balaban J connectivity index is 1.70. The lowest BCUT2D eigenvalue weighted by Gasteiger charge is -2.08. The summed E-state index contributed by atoms with van der Waals surface area (Å²) >= 11 is 2.23. The number of halogens is 1. The van der Waals surface area contributed by atoms with Gasteiger partial charge < -0.3 is 15.2 Å². The molecule has 4 nitrogen and oxygen atoms in total. The predicted octanol–water partition coefficient (Wildman–Crippen LogP) is 3.39. The van der Waals surface area contributed by atoms with Gasteiger partial charge in [-0.25, -0.2) is 0 Å². The zero-order valence-corrected chi connectivity index (χ0v) is 13.6. The van der Waals surface area contributed by atoms with Crippen LogP contribution in [0.15, 0.2) is 48.5 Å².